The molecule has 4 N–H and O–H groups in total. The minimum Gasteiger partial charge on any atom is -0.396 e. The molecule has 1 rings (SSSR count). The summed E-state index contributed by atoms with van der Waals surface area (Å²) in [7, 11) is 1.38. The lowest BCUT2D eigenvalue weighted by atomic mass is 9.79. The second kappa shape index (κ2) is 11.3. The highest BCUT2D eigenvalue weighted by Crippen LogP contribution is 2.31. The quantitative estimate of drug-likeness (QED) is 0.289. The minimum atomic E-state index is -0.878. The Bertz CT molecular complexity index is 227. The normalized spacial score (nSPS) is 18.6. The van der Waals surface area contributed by atoms with Crippen molar-refractivity contribution in [2.45, 2.75) is 25.6 Å². The maximum absolute atomic E-state index is 8.95. The van der Waals surface area contributed by atoms with Crippen molar-refractivity contribution in [3.8, 4) is 0 Å². The van der Waals surface area contributed by atoms with E-state index in [-0.39, 0.29) is 38.4 Å². The van der Waals surface area contributed by atoms with Gasteiger partial charge in [-0.1, -0.05) is 12.2 Å². The molecule has 0 aromatic heterocycles. The molecule has 0 aliphatic heterocycles. The predicted molar refractivity (Wildman–Crippen MR) is 70.5 cm³/mol. The van der Waals surface area contributed by atoms with Crippen molar-refractivity contribution in [3.63, 3.8) is 0 Å². The molecule has 1 aliphatic rings. The summed E-state index contributed by atoms with van der Waals surface area (Å²) in [6.07, 6.45) is 5.98. The van der Waals surface area contributed by atoms with Gasteiger partial charge in [0.25, 0.3) is 0 Å². The first kappa shape index (κ1) is 18.5. The van der Waals surface area contributed by atoms with Crippen molar-refractivity contribution in [2.24, 2.45) is 5.41 Å². The van der Waals surface area contributed by atoms with Crippen LogP contribution in [0.15, 0.2) is 12.2 Å². The SMILES string of the molecule is COC(O)COCCO.OCC1(CO)CC=CCC1. The molecule has 0 bridgehead atoms. The van der Waals surface area contributed by atoms with E-state index in [0.717, 1.165) is 19.3 Å². The highest BCUT2D eigenvalue weighted by atomic mass is 16.6. The van der Waals surface area contributed by atoms with Crippen molar-refractivity contribution in [1.29, 1.82) is 0 Å². The standard InChI is InChI=1S/C8H14O2.C5H12O4/c9-6-8(7-10)4-2-1-3-5-8;1-8-5(7)4-9-3-2-6/h1-2,9-10H,3-7H2;5-7H,2-4H2,1H3. The van der Waals surface area contributed by atoms with E-state index < -0.39 is 6.29 Å². The van der Waals surface area contributed by atoms with Gasteiger partial charge in [0, 0.05) is 12.5 Å². The number of allylic oxidation sites excluding steroid dienone is 2. The number of hydrogen-bond acceptors (Lipinski definition) is 6. The van der Waals surface area contributed by atoms with Gasteiger partial charge in [0.1, 0.15) is 0 Å². The number of aliphatic hydroxyl groups is 4. The predicted octanol–water partition coefficient (Wildman–Crippen LogP) is -0.342. The minimum absolute atomic E-state index is 0.0313. The van der Waals surface area contributed by atoms with Crippen molar-refractivity contribution in [3.05, 3.63) is 12.2 Å². The Morgan fingerprint density at radius 3 is 2.26 bits per heavy atom. The van der Waals surface area contributed by atoms with Crippen LogP contribution in [0, 0.1) is 5.41 Å². The van der Waals surface area contributed by atoms with Crippen LogP contribution in [0.2, 0.25) is 0 Å². The highest BCUT2D eigenvalue weighted by Gasteiger charge is 2.28. The van der Waals surface area contributed by atoms with Crippen LogP contribution < -0.4 is 0 Å². The molecule has 1 aliphatic carbocycles. The van der Waals surface area contributed by atoms with Gasteiger partial charge < -0.3 is 29.9 Å². The Balaban J connectivity index is 0.000000344. The van der Waals surface area contributed by atoms with Crippen LogP contribution in [0.25, 0.3) is 0 Å². The largest absolute Gasteiger partial charge is 0.396 e. The molecule has 1 unspecified atom stereocenters. The van der Waals surface area contributed by atoms with Crippen molar-refractivity contribution >= 4 is 0 Å². The molecule has 0 fully saturated rings. The molecule has 0 saturated carbocycles. The van der Waals surface area contributed by atoms with Crippen molar-refractivity contribution < 1.29 is 29.9 Å². The smallest absolute Gasteiger partial charge is 0.177 e. The summed E-state index contributed by atoms with van der Waals surface area (Å²) in [5.74, 6) is 0. The molecule has 6 nitrogen and oxygen atoms in total. The molecule has 0 spiro atoms. The fraction of sp³-hybridized carbons (Fsp3) is 0.846. The zero-order valence-electron chi connectivity index (χ0n) is 11.5. The van der Waals surface area contributed by atoms with E-state index in [0.29, 0.717) is 0 Å². The molecule has 114 valence electrons. The van der Waals surface area contributed by atoms with Gasteiger partial charge in [-0.3, -0.25) is 0 Å². The fourth-order valence-electron chi connectivity index (χ4n) is 1.60. The van der Waals surface area contributed by atoms with Crippen LogP contribution in [0.1, 0.15) is 19.3 Å². The highest BCUT2D eigenvalue weighted by molar-refractivity contribution is 4.97. The molecular weight excluding hydrogens is 252 g/mol. The van der Waals surface area contributed by atoms with Gasteiger partial charge in [0.15, 0.2) is 6.29 Å². The van der Waals surface area contributed by atoms with Crippen LogP contribution in [0.5, 0.6) is 0 Å². The summed E-state index contributed by atoms with van der Waals surface area (Å²) in [5.41, 5.74) is -0.214. The van der Waals surface area contributed by atoms with E-state index in [2.05, 4.69) is 10.8 Å². The average Bonchev–Trinajstić information content (AvgIpc) is 2.48. The lowest BCUT2D eigenvalue weighted by molar-refractivity contribution is -0.121. The number of ether oxygens (including phenoxy) is 2. The molecule has 19 heavy (non-hydrogen) atoms. The van der Waals surface area contributed by atoms with E-state index in [1.165, 1.54) is 7.11 Å². The van der Waals surface area contributed by atoms with Gasteiger partial charge in [0.2, 0.25) is 0 Å². The van der Waals surface area contributed by atoms with Gasteiger partial charge in [-0.15, -0.1) is 0 Å². The number of aliphatic hydroxyl groups excluding tert-OH is 4. The first-order chi connectivity index (χ1) is 9.14. The van der Waals surface area contributed by atoms with E-state index in [1.807, 2.05) is 6.08 Å². The molecule has 1 atom stereocenters. The zero-order chi connectivity index (χ0) is 14.6. The van der Waals surface area contributed by atoms with Gasteiger partial charge in [-0.05, 0) is 19.3 Å². The molecule has 0 amide bonds. The molecule has 6 heteroatoms. The van der Waals surface area contributed by atoms with Crippen LogP contribution >= 0.6 is 0 Å². The Labute approximate surface area is 114 Å². The van der Waals surface area contributed by atoms with Gasteiger partial charge in [-0.2, -0.15) is 0 Å². The summed E-state index contributed by atoms with van der Waals surface area (Å²) in [6.45, 7) is 0.523. The number of methoxy groups -OCH3 is 1. The van der Waals surface area contributed by atoms with Crippen molar-refractivity contribution in [2.75, 3.05) is 40.1 Å². The lowest BCUT2D eigenvalue weighted by Crippen LogP contribution is -2.30. The fourth-order valence-corrected chi connectivity index (χ4v) is 1.60. The summed E-state index contributed by atoms with van der Waals surface area (Å²) in [5, 5.41) is 34.8. The molecule has 0 heterocycles. The van der Waals surface area contributed by atoms with Crippen molar-refractivity contribution in [1.82, 2.24) is 0 Å². The third-order valence-electron chi connectivity index (χ3n) is 3.00. The lowest BCUT2D eigenvalue weighted by Gasteiger charge is -2.30. The van der Waals surface area contributed by atoms with Crippen LogP contribution in [0.4, 0.5) is 0 Å². The second-order valence-electron chi connectivity index (χ2n) is 4.52. The summed E-state index contributed by atoms with van der Waals surface area (Å²) in [6, 6.07) is 0. The molecule has 0 saturated heterocycles. The summed E-state index contributed by atoms with van der Waals surface area (Å²) >= 11 is 0. The Hall–Kier alpha value is -0.500. The average molecular weight is 278 g/mol. The monoisotopic (exact) mass is 278 g/mol. The first-order valence-electron chi connectivity index (χ1n) is 6.40. The van der Waals surface area contributed by atoms with Gasteiger partial charge in [-0.25, -0.2) is 0 Å². The van der Waals surface area contributed by atoms with Crippen LogP contribution in [0.3, 0.4) is 0 Å². The number of hydrogen-bond donors (Lipinski definition) is 4. The zero-order valence-corrected chi connectivity index (χ0v) is 11.5. The van der Waals surface area contributed by atoms with E-state index in [9.17, 15) is 0 Å². The first-order valence-corrected chi connectivity index (χ1v) is 6.40. The van der Waals surface area contributed by atoms with E-state index in [1.54, 1.807) is 0 Å². The Morgan fingerprint density at radius 1 is 1.21 bits per heavy atom. The third kappa shape index (κ3) is 8.30. The molecule has 0 aromatic carbocycles. The number of rotatable bonds is 7. The maximum Gasteiger partial charge on any atom is 0.177 e. The Kier molecular flexibility index (Phi) is 11.0. The Morgan fingerprint density at radius 2 is 1.89 bits per heavy atom. The van der Waals surface area contributed by atoms with E-state index in [4.69, 9.17) is 25.2 Å². The van der Waals surface area contributed by atoms with Gasteiger partial charge >= 0.3 is 0 Å². The van der Waals surface area contributed by atoms with Gasteiger partial charge in [0.05, 0.1) is 33.0 Å². The summed E-state index contributed by atoms with van der Waals surface area (Å²) < 4.78 is 9.16. The van der Waals surface area contributed by atoms with E-state index >= 15 is 0 Å². The topological polar surface area (TPSA) is 99.4 Å². The maximum atomic E-state index is 8.95. The second-order valence-corrected chi connectivity index (χ2v) is 4.52. The van der Waals surface area contributed by atoms with Crippen LogP contribution in [-0.4, -0.2) is 66.9 Å². The molecule has 0 aromatic rings. The third-order valence-corrected chi connectivity index (χ3v) is 3.00. The molecular formula is C13H26O6. The summed E-state index contributed by atoms with van der Waals surface area (Å²) in [4.78, 5) is 0. The van der Waals surface area contributed by atoms with Crippen LogP contribution in [-0.2, 0) is 9.47 Å². The molecule has 0 radical (unpaired) electrons.